The van der Waals surface area contributed by atoms with E-state index >= 15 is 0 Å². The zero-order valence-electron chi connectivity index (χ0n) is 12.6. The van der Waals surface area contributed by atoms with Crippen LogP contribution < -0.4 is 5.32 Å². The first-order chi connectivity index (χ1) is 9.88. The van der Waals surface area contributed by atoms with E-state index in [0.717, 1.165) is 0 Å². The van der Waals surface area contributed by atoms with E-state index in [1.54, 1.807) is 12.5 Å². The molecule has 0 fully saturated rings. The molecule has 0 radical (unpaired) electrons. The van der Waals surface area contributed by atoms with E-state index in [2.05, 4.69) is 31.1 Å². The Kier molecular flexibility index (Phi) is 4.73. The molecule has 1 aromatic carbocycles. The molecule has 0 amide bonds. The highest BCUT2D eigenvalue weighted by molar-refractivity contribution is 5.19. The quantitative estimate of drug-likeness (QED) is 0.916. The highest BCUT2D eigenvalue weighted by Crippen LogP contribution is 2.22. The second-order valence-corrected chi connectivity index (χ2v) is 6.26. The van der Waals surface area contributed by atoms with Crippen LogP contribution in [0.1, 0.15) is 26.3 Å². The summed E-state index contributed by atoms with van der Waals surface area (Å²) >= 11 is 0. The third-order valence-electron chi connectivity index (χ3n) is 3.58. The lowest BCUT2D eigenvalue weighted by Gasteiger charge is -2.32. The molecule has 0 saturated carbocycles. The predicted octanol–water partition coefficient (Wildman–Crippen LogP) is 3.37. The van der Waals surface area contributed by atoms with Gasteiger partial charge in [0.1, 0.15) is 11.6 Å². The van der Waals surface area contributed by atoms with Crippen molar-refractivity contribution in [2.24, 2.45) is 5.41 Å². The largest absolute Gasteiger partial charge is 0.336 e. The van der Waals surface area contributed by atoms with Crippen LogP contribution in [0.2, 0.25) is 0 Å². The van der Waals surface area contributed by atoms with E-state index in [1.165, 1.54) is 18.2 Å². The van der Waals surface area contributed by atoms with E-state index in [-0.39, 0.29) is 23.6 Å². The summed E-state index contributed by atoms with van der Waals surface area (Å²) in [6.45, 7) is 7.15. The van der Waals surface area contributed by atoms with Crippen LogP contribution >= 0.6 is 0 Å². The molecule has 2 aromatic rings. The lowest BCUT2D eigenvalue weighted by Crippen LogP contribution is -2.43. The van der Waals surface area contributed by atoms with Gasteiger partial charge in [-0.3, -0.25) is 0 Å². The van der Waals surface area contributed by atoms with Crippen LogP contribution in [0.4, 0.5) is 8.78 Å². The number of imidazole rings is 1. The van der Waals surface area contributed by atoms with Gasteiger partial charge in [-0.05, 0) is 17.5 Å². The van der Waals surface area contributed by atoms with Gasteiger partial charge in [0.25, 0.3) is 0 Å². The van der Waals surface area contributed by atoms with Crippen LogP contribution in [0.15, 0.2) is 36.9 Å². The van der Waals surface area contributed by atoms with Crippen molar-refractivity contribution in [2.75, 3.05) is 0 Å². The Balaban J connectivity index is 2.09. The van der Waals surface area contributed by atoms with Crippen molar-refractivity contribution in [2.45, 2.75) is 39.9 Å². The Morgan fingerprint density at radius 1 is 1.24 bits per heavy atom. The molecule has 0 aliphatic carbocycles. The number of hydrogen-bond acceptors (Lipinski definition) is 2. The normalized spacial score (nSPS) is 13.4. The molecule has 21 heavy (non-hydrogen) atoms. The van der Waals surface area contributed by atoms with E-state index in [4.69, 9.17) is 0 Å². The van der Waals surface area contributed by atoms with Crippen molar-refractivity contribution in [1.82, 2.24) is 14.9 Å². The molecule has 0 spiro atoms. The van der Waals surface area contributed by atoms with Crippen molar-refractivity contribution < 1.29 is 8.78 Å². The number of halogens is 2. The summed E-state index contributed by atoms with van der Waals surface area (Å²) in [7, 11) is 0. The standard InChI is InChI=1S/C16H21F2N3/c1-16(2,3)15(10-21-8-7-19-11-21)20-9-12-13(17)5-4-6-14(12)18/h4-8,11,15,20H,9-10H2,1-3H3. The van der Waals surface area contributed by atoms with Crippen LogP contribution in [-0.2, 0) is 13.1 Å². The van der Waals surface area contributed by atoms with Crippen LogP contribution in [0.5, 0.6) is 0 Å². The third-order valence-corrected chi connectivity index (χ3v) is 3.58. The van der Waals surface area contributed by atoms with Gasteiger partial charge in [0, 0.05) is 37.1 Å². The molecule has 1 atom stereocenters. The summed E-state index contributed by atoms with van der Waals surface area (Å²) < 4.78 is 29.3. The Bertz CT molecular complexity index is 553. The highest BCUT2D eigenvalue weighted by atomic mass is 19.1. The number of nitrogens with zero attached hydrogens (tertiary/aromatic N) is 2. The van der Waals surface area contributed by atoms with E-state index in [0.29, 0.717) is 6.54 Å². The predicted molar refractivity (Wildman–Crippen MR) is 78.7 cm³/mol. The van der Waals surface area contributed by atoms with Gasteiger partial charge in [-0.15, -0.1) is 0 Å². The van der Waals surface area contributed by atoms with E-state index in [9.17, 15) is 8.78 Å². The molecule has 0 aliphatic heterocycles. The van der Waals surface area contributed by atoms with Gasteiger partial charge in [-0.1, -0.05) is 26.8 Å². The first-order valence-corrected chi connectivity index (χ1v) is 7.00. The minimum absolute atomic E-state index is 0.0496. The van der Waals surface area contributed by atoms with Gasteiger partial charge in [0.05, 0.1) is 6.33 Å². The Morgan fingerprint density at radius 3 is 2.43 bits per heavy atom. The van der Waals surface area contributed by atoms with Crippen LogP contribution in [0.3, 0.4) is 0 Å². The lowest BCUT2D eigenvalue weighted by molar-refractivity contribution is 0.238. The van der Waals surface area contributed by atoms with Crippen molar-refractivity contribution in [1.29, 1.82) is 0 Å². The Labute approximate surface area is 124 Å². The zero-order chi connectivity index (χ0) is 15.5. The molecule has 3 nitrogen and oxygen atoms in total. The summed E-state index contributed by atoms with van der Waals surface area (Å²) in [4.78, 5) is 4.02. The average molecular weight is 293 g/mol. The second kappa shape index (κ2) is 6.35. The molecular weight excluding hydrogens is 272 g/mol. The number of hydrogen-bond donors (Lipinski definition) is 1. The highest BCUT2D eigenvalue weighted by Gasteiger charge is 2.25. The van der Waals surface area contributed by atoms with Crippen molar-refractivity contribution in [3.8, 4) is 0 Å². The molecule has 0 aliphatic rings. The van der Waals surface area contributed by atoms with Gasteiger partial charge < -0.3 is 9.88 Å². The topological polar surface area (TPSA) is 29.9 Å². The summed E-state index contributed by atoms with van der Waals surface area (Å²) in [6, 6.07) is 4.00. The summed E-state index contributed by atoms with van der Waals surface area (Å²) in [5.41, 5.74) is 0.0313. The average Bonchev–Trinajstić information content (AvgIpc) is 2.88. The van der Waals surface area contributed by atoms with E-state index in [1.807, 2.05) is 10.8 Å². The van der Waals surface area contributed by atoms with Gasteiger partial charge in [-0.2, -0.15) is 0 Å². The molecule has 2 rings (SSSR count). The van der Waals surface area contributed by atoms with Crippen molar-refractivity contribution in [3.63, 3.8) is 0 Å². The molecule has 0 saturated heterocycles. The molecule has 5 heteroatoms. The third kappa shape index (κ3) is 4.11. The SMILES string of the molecule is CC(C)(C)C(Cn1ccnc1)NCc1c(F)cccc1F. The second-order valence-electron chi connectivity index (χ2n) is 6.26. The minimum atomic E-state index is -0.516. The first-order valence-electron chi connectivity index (χ1n) is 7.00. The van der Waals surface area contributed by atoms with Crippen LogP contribution in [0.25, 0.3) is 0 Å². The van der Waals surface area contributed by atoms with Gasteiger partial charge in [0.2, 0.25) is 0 Å². The molecule has 1 aromatic heterocycles. The first kappa shape index (κ1) is 15.6. The smallest absolute Gasteiger partial charge is 0.130 e. The fraction of sp³-hybridized carbons (Fsp3) is 0.438. The van der Waals surface area contributed by atoms with Crippen molar-refractivity contribution in [3.05, 3.63) is 54.1 Å². The maximum Gasteiger partial charge on any atom is 0.130 e. The Hall–Kier alpha value is -1.75. The minimum Gasteiger partial charge on any atom is -0.336 e. The van der Waals surface area contributed by atoms with Crippen LogP contribution in [-0.4, -0.2) is 15.6 Å². The zero-order valence-corrected chi connectivity index (χ0v) is 12.6. The lowest BCUT2D eigenvalue weighted by atomic mass is 9.86. The maximum absolute atomic E-state index is 13.7. The number of aromatic nitrogens is 2. The molecular formula is C16H21F2N3. The maximum atomic E-state index is 13.7. The molecule has 1 N–H and O–H groups in total. The molecule has 114 valence electrons. The fourth-order valence-corrected chi connectivity index (χ4v) is 2.18. The van der Waals surface area contributed by atoms with E-state index < -0.39 is 11.6 Å². The summed E-state index contributed by atoms with van der Waals surface area (Å²) in [5.74, 6) is -1.03. The molecule has 0 bridgehead atoms. The van der Waals surface area contributed by atoms with Gasteiger partial charge in [0.15, 0.2) is 0 Å². The number of nitrogens with one attached hydrogen (secondary N) is 1. The molecule has 1 heterocycles. The summed E-state index contributed by atoms with van der Waals surface area (Å²) in [6.07, 6.45) is 5.34. The Morgan fingerprint density at radius 2 is 1.90 bits per heavy atom. The van der Waals surface area contributed by atoms with Crippen LogP contribution in [0, 0.1) is 17.0 Å². The molecule has 1 unspecified atom stereocenters. The summed E-state index contributed by atoms with van der Waals surface area (Å²) in [5, 5.41) is 3.27. The monoisotopic (exact) mass is 293 g/mol. The van der Waals surface area contributed by atoms with Crippen molar-refractivity contribution >= 4 is 0 Å². The number of rotatable bonds is 5. The van der Waals surface area contributed by atoms with Gasteiger partial charge >= 0.3 is 0 Å². The number of benzene rings is 1. The fourth-order valence-electron chi connectivity index (χ4n) is 2.18. The van der Waals surface area contributed by atoms with Gasteiger partial charge in [-0.25, -0.2) is 13.8 Å².